The largest absolute Gasteiger partial charge is 0.349 e. The van der Waals surface area contributed by atoms with Crippen molar-refractivity contribution in [2.24, 2.45) is 0 Å². The van der Waals surface area contributed by atoms with E-state index in [1.54, 1.807) is 36.4 Å². The van der Waals surface area contributed by atoms with E-state index in [-0.39, 0.29) is 17.9 Å². The lowest BCUT2D eigenvalue weighted by molar-refractivity contribution is -0.131. The van der Waals surface area contributed by atoms with E-state index >= 15 is 0 Å². The summed E-state index contributed by atoms with van der Waals surface area (Å²) in [6.45, 7) is 1.28. The molecule has 4 nitrogen and oxygen atoms in total. The molecule has 0 spiro atoms. The highest BCUT2D eigenvalue weighted by atomic mass is 35.5. The van der Waals surface area contributed by atoms with Crippen molar-refractivity contribution < 1.29 is 9.59 Å². The minimum Gasteiger partial charge on any atom is -0.349 e. The van der Waals surface area contributed by atoms with Gasteiger partial charge in [-0.3, -0.25) is 9.59 Å². The highest BCUT2D eigenvalue weighted by Gasteiger charge is 2.24. The van der Waals surface area contributed by atoms with Gasteiger partial charge in [-0.05, 0) is 42.7 Å². The lowest BCUT2D eigenvalue weighted by Gasteiger charge is -2.32. The maximum absolute atomic E-state index is 12.4. The maximum Gasteiger partial charge on any atom is 0.253 e. The van der Waals surface area contributed by atoms with Crippen molar-refractivity contribution in [1.29, 1.82) is 0 Å². The molecule has 0 atom stereocenters. The molecule has 0 aromatic heterocycles. The number of piperidine rings is 1. The third-order valence-corrected chi connectivity index (χ3v) is 5.15. The van der Waals surface area contributed by atoms with Crippen molar-refractivity contribution in [2.75, 3.05) is 13.1 Å². The smallest absolute Gasteiger partial charge is 0.253 e. The van der Waals surface area contributed by atoms with E-state index in [4.69, 9.17) is 23.2 Å². The molecule has 26 heavy (non-hydrogen) atoms. The molecule has 1 aliphatic heterocycles. The van der Waals surface area contributed by atoms with Gasteiger partial charge in [0.05, 0.1) is 17.0 Å². The zero-order valence-corrected chi connectivity index (χ0v) is 15.8. The van der Waals surface area contributed by atoms with Gasteiger partial charge in [-0.2, -0.15) is 0 Å². The second-order valence-electron chi connectivity index (χ2n) is 6.41. The molecule has 2 amide bonds. The number of hydrogen-bond donors (Lipinski definition) is 1. The van der Waals surface area contributed by atoms with Crippen molar-refractivity contribution in [1.82, 2.24) is 10.2 Å². The highest BCUT2D eigenvalue weighted by molar-refractivity contribution is 6.33. The number of carbonyl (C=O) groups is 2. The fourth-order valence-corrected chi connectivity index (χ4v) is 3.42. The van der Waals surface area contributed by atoms with E-state index in [0.717, 1.165) is 18.4 Å². The number of carbonyl (C=O) groups excluding carboxylic acids is 2. The first-order chi connectivity index (χ1) is 12.5. The number of benzene rings is 2. The summed E-state index contributed by atoms with van der Waals surface area (Å²) in [5, 5.41) is 4.12. The van der Waals surface area contributed by atoms with Crippen LogP contribution in [0.2, 0.25) is 10.0 Å². The van der Waals surface area contributed by atoms with Gasteiger partial charge in [0.1, 0.15) is 0 Å². The normalized spacial score (nSPS) is 14.9. The third kappa shape index (κ3) is 4.77. The maximum atomic E-state index is 12.4. The van der Waals surface area contributed by atoms with Crippen LogP contribution in [0.5, 0.6) is 0 Å². The van der Waals surface area contributed by atoms with E-state index in [9.17, 15) is 9.59 Å². The van der Waals surface area contributed by atoms with Crippen LogP contribution < -0.4 is 5.32 Å². The minimum atomic E-state index is -0.165. The van der Waals surface area contributed by atoms with Gasteiger partial charge in [-0.25, -0.2) is 0 Å². The first kappa shape index (κ1) is 18.7. The van der Waals surface area contributed by atoms with Gasteiger partial charge in [0.15, 0.2) is 0 Å². The van der Waals surface area contributed by atoms with Gasteiger partial charge >= 0.3 is 0 Å². The Hall–Kier alpha value is -2.04. The van der Waals surface area contributed by atoms with E-state index in [1.807, 2.05) is 17.0 Å². The minimum absolute atomic E-state index is 0.0540. The molecule has 0 radical (unpaired) electrons. The van der Waals surface area contributed by atoms with Crippen LogP contribution in [0, 0.1) is 0 Å². The van der Waals surface area contributed by atoms with Crippen molar-refractivity contribution in [3.8, 4) is 0 Å². The molecular weight excluding hydrogens is 371 g/mol. The number of nitrogens with zero attached hydrogens (tertiary/aromatic N) is 1. The molecule has 0 saturated carbocycles. The van der Waals surface area contributed by atoms with Crippen molar-refractivity contribution in [3.05, 3.63) is 69.7 Å². The summed E-state index contributed by atoms with van der Waals surface area (Å²) in [6.07, 6.45) is 1.85. The molecule has 1 heterocycles. The van der Waals surface area contributed by atoms with Gasteiger partial charge < -0.3 is 10.2 Å². The summed E-state index contributed by atoms with van der Waals surface area (Å²) in [5.74, 6) is -0.0651. The average molecular weight is 391 g/mol. The lowest BCUT2D eigenvalue weighted by atomic mass is 10.0. The first-order valence-electron chi connectivity index (χ1n) is 8.60. The van der Waals surface area contributed by atoms with Crippen molar-refractivity contribution >= 4 is 35.0 Å². The van der Waals surface area contributed by atoms with Crippen LogP contribution in [0.3, 0.4) is 0 Å². The van der Waals surface area contributed by atoms with E-state index in [0.29, 0.717) is 35.1 Å². The van der Waals surface area contributed by atoms with Gasteiger partial charge in [0.2, 0.25) is 5.91 Å². The molecule has 1 saturated heterocycles. The molecular formula is C20H20Cl2N2O2. The Morgan fingerprint density at radius 1 is 1.00 bits per heavy atom. The van der Waals surface area contributed by atoms with E-state index < -0.39 is 0 Å². The standard InChI is InChI=1S/C20H20Cl2N2O2/c21-15-7-5-14(6-8-15)13-19(25)24-11-9-16(10-12-24)23-20(26)17-3-1-2-4-18(17)22/h1-8,16H,9-13H2,(H,23,26). The molecule has 0 aliphatic carbocycles. The zero-order chi connectivity index (χ0) is 18.5. The van der Waals surface area contributed by atoms with Crippen LogP contribution in [0.4, 0.5) is 0 Å². The fourth-order valence-electron chi connectivity index (χ4n) is 3.07. The fraction of sp³-hybridized carbons (Fsp3) is 0.300. The molecule has 0 unspecified atom stereocenters. The molecule has 2 aromatic rings. The zero-order valence-electron chi connectivity index (χ0n) is 14.3. The molecule has 1 fully saturated rings. The Morgan fingerprint density at radius 2 is 1.65 bits per heavy atom. The Balaban J connectivity index is 1.49. The summed E-state index contributed by atoms with van der Waals surface area (Å²) < 4.78 is 0. The van der Waals surface area contributed by atoms with Crippen LogP contribution >= 0.6 is 23.2 Å². The second-order valence-corrected chi connectivity index (χ2v) is 7.26. The Labute approximate surface area is 163 Å². The Kier molecular flexibility index (Phi) is 6.17. The first-order valence-corrected chi connectivity index (χ1v) is 9.36. The predicted molar refractivity (Wildman–Crippen MR) is 104 cm³/mol. The van der Waals surface area contributed by atoms with Crippen LogP contribution in [0.25, 0.3) is 0 Å². The summed E-state index contributed by atoms with van der Waals surface area (Å²) in [6, 6.07) is 14.4. The summed E-state index contributed by atoms with van der Waals surface area (Å²) in [7, 11) is 0. The summed E-state index contributed by atoms with van der Waals surface area (Å²) in [5.41, 5.74) is 1.43. The monoisotopic (exact) mass is 390 g/mol. The summed E-state index contributed by atoms with van der Waals surface area (Å²) in [4.78, 5) is 26.6. The number of rotatable bonds is 4. The Morgan fingerprint density at radius 3 is 2.31 bits per heavy atom. The Bertz CT molecular complexity index is 785. The summed E-state index contributed by atoms with van der Waals surface area (Å²) >= 11 is 11.9. The number of hydrogen-bond acceptors (Lipinski definition) is 2. The van der Waals surface area contributed by atoms with E-state index in [2.05, 4.69) is 5.32 Å². The van der Waals surface area contributed by atoms with Gasteiger partial charge in [0, 0.05) is 24.2 Å². The predicted octanol–water partition coefficient (Wildman–Crippen LogP) is 3.96. The topological polar surface area (TPSA) is 49.4 Å². The number of nitrogens with one attached hydrogen (secondary N) is 1. The third-order valence-electron chi connectivity index (χ3n) is 4.57. The second kappa shape index (κ2) is 8.56. The number of likely N-dealkylation sites (tertiary alicyclic amines) is 1. The molecule has 3 rings (SSSR count). The quantitative estimate of drug-likeness (QED) is 0.858. The number of halogens is 2. The SMILES string of the molecule is O=C(NC1CCN(C(=O)Cc2ccc(Cl)cc2)CC1)c1ccccc1Cl. The molecule has 1 N–H and O–H groups in total. The van der Waals surface area contributed by atoms with Crippen LogP contribution in [-0.2, 0) is 11.2 Å². The molecule has 0 bridgehead atoms. The van der Waals surface area contributed by atoms with Crippen LogP contribution in [0.1, 0.15) is 28.8 Å². The van der Waals surface area contributed by atoms with Crippen LogP contribution in [0.15, 0.2) is 48.5 Å². The number of amides is 2. The van der Waals surface area contributed by atoms with Crippen molar-refractivity contribution in [3.63, 3.8) is 0 Å². The van der Waals surface area contributed by atoms with Gasteiger partial charge in [0.25, 0.3) is 5.91 Å². The van der Waals surface area contributed by atoms with Gasteiger partial charge in [-0.1, -0.05) is 47.5 Å². The van der Waals surface area contributed by atoms with Gasteiger partial charge in [-0.15, -0.1) is 0 Å². The molecule has 136 valence electrons. The molecule has 1 aliphatic rings. The molecule has 2 aromatic carbocycles. The molecule has 6 heteroatoms. The van der Waals surface area contributed by atoms with Crippen LogP contribution in [-0.4, -0.2) is 35.8 Å². The highest BCUT2D eigenvalue weighted by Crippen LogP contribution is 2.17. The lowest BCUT2D eigenvalue weighted by Crippen LogP contribution is -2.47. The van der Waals surface area contributed by atoms with E-state index in [1.165, 1.54) is 0 Å². The van der Waals surface area contributed by atoms with Crippen molar-refractivity contribution in [2.45, 2.75) is 25.3 Å². The average Bonchev–Trinajstić information content (AvgIpc) is 2.64.